The Morgan fingerprint density at radius 3 is 1.79 bits per heavy atom. The Balaban J connectivity index is 3.72. The molecule has 0 saturated carbocycles. The molecule has 1 rings (SSSR count). The fourth-order valence-electron chi connectivity index (χ4n) is 2.10. The van der Waals surface area contributed by atoms with Crippen LogP contribution in [0.1, 0.15) is 63.0 Å². The fraction of sp³-hybridized carbons (Fsp3) is 0.533. The zero-order valence-corrected chi connectivity index (χ0v) is 12.4. The van der Waals surface area contributed by atoms with Crippen molar-refractivity contribution in [2.24, 2.45) is 0 Å². The third-order valence-corrected chi connectivity index (χ3v) is 3.11. The zero-order chi connectivity index (χ0) is 15.0. The number of nitrogens with zero attached hydrogens (tertiary/aromatic N) is 1. The number of carbonyl (C=O) groups excluding carboxylic acids is 1. The number of nitro groups is 1. The summed E-state index contributed by atoms with van der Waals surface area (Å²) in [7, 11) is 0. The van der Waals surface area contributed by atoms with Gasteiger partial charge >= 0.3 is 0 Å². The zero-order valence-electron chi connectivity index (χ0n) is 12.4. The van der Waals surface area contributed by atoms with E-state index in [1.165, 1.54) is 6.07 Å². The standard InChI is InChI=1S/C15H21NO3/c1-14(2,3)11-8-12(15(4,5)6)13(16(18)19)7-10(11)9-17/h7-9H,1-6H3. The topological polar surface area (TPSA) is 60.2 Å². The number of hydrogen-bond donors (Lipinski definition) is 0. The molecule has 1 aromatic rings. The Morgan fingerprint density at radius 1 is 1.00 bits per heavy atom. The summed E-state index contributed by atoms with van der Waals surface area (Å²) in [5.74, 6) is 0. The molecule has 4 nitrogen and oxygen atoms in total. The monoisotopic (exact) mass is 263 g/mol. The minimum Gasteiger partial charge on any atom is -0.298 e. The first-order valence-corrected chi connectivity index (χ1v) is 6.27. The van der Waals surface area contributed by atoms with Crippen LogP contribution < -0.4 is 0 Å². The van der Waals surface area contributed by atoms with Gasteiger partial charge < -0.3 is 0 Å². The molecule has 1 aromatic carbocycles. The molecule has 0 N–H and O–H groups in total. The van der Waals surface area contributed by atoms with Crippen LogP contribution in [0.25, 0.3) is 0 Å². The van der Waals surface area contributed by atoms with E-state index < -0.39 is 4.92 Å². The van der Waals surface area contributed by atoms with E-state index in [2.05, 4.69) is 0 Å². The Labute approximate surface area is 114 Å². The molecular weight excluding hydrogens is 242 g/mol. The molecule has 4 heteroatoms. The number of rotatable bonds is 2. The van der Waals surface area contributed by atoms with Gasteiger partial charge in [-0.1, -0.05) is 41.5 Å². The van der Waals surface area contributed by atoms with Gasteiger partial charge in [-0.25, -0.2) is 0 Å². The maximum Gasteiger partial charge on any atom is 0.273 e. The molecular formula is C15H21NO3. The number of carbonyl (C=O) groups is 1. The third-order valence-electron chi connectivity index (χ3n) is 3.11. The average molecular weight is 263 g/mol. The molecule has 0 atom stereocenters. The van der Waals surface area contributed by atoms with Gasteiger partial charge in [0.2, 0.25) is 0 Å². The molecule has 0 aliphatic heterocycles. The summed E-state index contributed by atoms with van der Waals surface area (Å²) in [6, 6.07) is 3.20. The molecule has 0 saturated heterocycles. The molecule has 0 aliphatic carbocycles. The molecule has 0 spiro atoms. The maximum absolute atomic E-state index is 11.2. The fourth-order valence-corrected chi connectivity index (χ4v) is 2.10. The molecule has 0 bridgehead atoms. The van der Waals surface area contributed by atoms with Crippen molar-refractivity contribution in [2.75, 3.05) is 0 Å². The predicted octanol–water partition coefficient (Wildman–Crippen LogP) is 4.00. The van der Waals surface area contributed by atoms with Crippen molar-refractivity contribution in [2.45, 2.75) is 52.4 Å². The highest BCUT2D eigenvalue weighted by Crippen LogP contribution is 2.37. The highest BCUT2D eigenvalue weighted by Gasteiger charge is 2.29. The maximum atomic E-state index is 11.2. The Kier molecular flexibility index (Phi) is 3.84. The molecule has 0 heterocycles. The van der Waals surface area contributed by atoms with Gasteiger partial charge in [-0.2, -0.15) is 0 Å². The summed E-state index contributed by atoms with van der Waals surface area (Å²) in [6.45, 7) is 11.8. The third kappa shape index (κ3) is 3.19. The first kappa shape index (κ1) is 15.3. The first-order valence-electron chi connectivity index (χ1n) is 6.27. The lowest BCUT2D eigenvalue weighted by Crippen LogP contribution is -2.20. The SMILES string of the molecule is CC(C)(C)c1cc(C(C)(C)C)c([N+](=O)[O-])cc1C=O. The molecule has 0 unspecified atom stereocenters. The van der Waals surface area contributed by atoms with Crippen LogP contribution in [0, 0.1) is 10.1 Å². The molecule has 19 heavy (non-hydrogen) atoms. The smallest absolute Gasteiger partial charge is 0.273 e. The van der Waals surface area contributed by atoms with Crippen LogP contribution in [0.4, 0.5) is 5.69 Å². The van der Waals surface area contributed by atoms with Gasteiger partial charge in [0, 0.05) is 17.2 Å². The van der Waals surface area contributed by atoms with Crippen molar-refractivity contribution in [3.8, 4) is 0 Å². The van der Waals surface area contributed by atoms with E-state index in [4.69, 9.17) is 0 Å². The van der Waals surface area contributed by atoms with Gasteiger partial charge in [0.05, 0.1) is 4.92 Å². The molecule has 0 amide bonds. The lowest BCUT2D eigenvalue weighted by molar-refractivity contribution is -0.386. The van der Waals surface area contributed by atoms with Crippen molar-refractivity contribution in [3.63, 3.8) is 0 Å². The summed E-state index contributed by atoms with van der Waals surface area (Å²) in [6.07, 6.45) is 0.694. The largest absolute Gasteiger partial charge is 0.298 e. The van der Waals surface area contributed by atoms with E-state index in [0.29, 0.717) is 17.4 Å². The van der Waals surface area contributed by atoms with Gasteiger partial charge in [-0.15, -0.1) is 0 Å². The molecule has 0 fully saturated rings. The Morgan fingerprint density at radius 2 is 1.47 bits per heavy atom. The Hall–Kier alpha value is -1.71. The van der Waals surface area contributed by atoms with Crippen molar-refractivity contribution in [1.29, 1.82) is 0 Å². The van der Waals surface area contributed by atoms with Gasteiger partial charge in [0.15, 0.2) is 6.29 Å². The van der Waals surface area contributed by atoms with Crippen LogP contribution in [-0.4, -0.2) is 11.2 Å². The van der Waals surface area contributed by atoms with Crippen LogP contribution >= 0.6 is 0 Å². The summed E-state index contributed by atoms with van der Waals surface area (Å²) in [4.78, 5) is 22.0. The number of aldehydes is 1. The second-order valence-corrected chi connectivity index (χ2v) is 6.83. The first-order chi connectivity index (χ1) is 8.48. The molecule has 0 aromatic heterocycles. The minimum atomic E-state index is -0.417. The van der Waals surface area contributed by atoms with Crippen molar-refractivity contribution >= 4 is 12.0 Å². The summed E-state index contributed by atoms with van der Waals surface area (Å²) < 4.78 is 0. The van der Waals surface area contributed by atoms with Crippen molar-refractivity contribution in [1.82, 2.24) is 0 Å². The van der Waals surface area contributed by atoms with Gasteiger partial charge in [0.25, 0.3) is 5.69 Å². The van der Waals surface area contributed by atoms with E-state index in [1.807, 2.05) is 47.6 Å². The Bertz CT molecular complexity index is 519. The highest BCUT2D eigenvalue weighted by molar-refractivity contribution is 5.80. The van der Waals surface area contributed by atoms with Crippen LogP contribution in [0.5, 0.6) is 0 Å². The quantitative estimate of drug-likeness (QED) is 0.460. The van der Waals surface area contributed by atoms with Crippen LogP contribution in [0.2, 0.25) is 0 Å². The number of nitro benzene ring substituents is 1. The van der Waals surface area contributed by atoms with Gasteiger partial charge in [-0.05, 0) is 22.5 Å². The lowest BCUT2D eigenvalue weighted by Gasteiger charge is -2.26. The predicted molar refractivity (Wildman–Crippen MR) is 75.9 cm³/mol. The molecule has 104 valence electrons. The second-order valence-electron chi connectivity index (χ2n) is 6.83. The highest BCUT2D eigenvalue weighted by atomic mass is 16.6. The average Bonchev–Trinajstić information content (AvgIpc) is 2.24. The van der Waals surface area contributed by atoms with Crippen molar-refractivity contribution in [3.05, 3.63) is 38.9 Å². The van der Waals surface area contributed by atoms with E-state index >= 15 is 0 Å². The van der Waals surface area contributed by atoms with Crippen molar-refractivity contribution < 1.29 is 9.72 Å². The lowest BCUT2D eigenvalue weighted by atomic mass is 9.78. The number of hydrogen-bond acceptors (Lipinski definition) is 3. The molecule has 0 radical (unpaired) electrons. The second kappa shape index (κ2) is 4.76. The van der Waals surface area contributed by atoms with Crippen LogP contribution in [0.15, 0.2) is 12.1 Å². The van der Waals surface area contributed by atoms with E-state index in [9.17, 15) is 14.9 Å². The summed E-state index contributed by atoms with van der Waals surface area (Å²) in [5, 5.41) is 11.2. The van der Waals surface area contributed by atoms with Gasteiger partial charge in [-0.3, -0.25) is 14.9 Å². The summed E-state index contributed by atoms with van der Waals surface area (Å²) in [5.41, 5.74) is 1.34. The van der Waals surface area contributed by atoms with E-state index in [1.54, 1.807) is 0 Å². The van der Waals surface area contributed by atoms with Crippen LogP contribution in [-0.2, 0) is 10.8 Å². The minimum absolute atomic E-state index is 0.0163. The van der Waals surface area contributed by atoms with E-state index in [0.717, 1.165) is 5.56 Å². The number of benzene rings is 1. The normalized spacial score (nSPS) is 12.3. The summed E-state index contributed by atoms with van der Waals surface area (Å²) >= 11 is 0. The molecule has 0 aliphatic rings. The van der Waals surface area contributed by atoms with E-state index in [-0.39, 0.29) is 16.5 Å². The van der Waals surface area contributed by atoms with Gasteiger partial charge in [0.1, 0.15) is 0 Å². The van der Waals surface area contributed by atoms with Crippen LogP contribution in [0.3, 0.4) is 0 Å².